The third-order valence-electron chi connectivity index (χ3n) is 5.92. The van der Waals surface area contributed by atoms with Crippen LogP contribution in [0.25, 0.3) is 11.1 Å². The number of carbonyl (C=O) groups is 3. The minimum absolute atomic E-state index is 0.0119. The van der Waals surface area contributed by atoms with E-state index in [9.17, 15) is 18.8 Å². The molecule has 0 aliphatic heterocycles. The largest absolute Gasteiger partial charge is 0.344 e. The number of nitrogens with one attached hydrogen (secondary N) is 2. The topological polar surface area (TPSA) is 106 Å². The first-order chi connectivity index (χ1) is 18.2. The summed E-state index contributed by atoms with van der Waals surface area (Å²) in [5, 5.41) is 12.2. The van der Waals surface area contributed by atoms with Gasteiger partial charge in [-0.15, -0.1) is 11.3 Å². The zero-order chi connectivity index (χ0) is 27.2. The number of hydrogen-bond acceptors (Lipinski definition) is 6. The molecule has 0 aliphatic rings. The second-order valence-corrected chi connectivity index (χ2v) is 10.0. The molecule has 0 saturated carbocycles. The van der Waals surface area contributed by atoms with Crippen LogP contribution in [0.4, 0.5) is 4.39 Å². The number of Topliss-reactive ketones (excluding diaryl/α,β-unsaturated/α-hetero) is 1. The van der Waals surface area contributed by atoms with Gasteiger partial charge >= 0.3 is 0 Å². The summed E-state index contributed by atoms with van der Waals surface area (Å²) in [6, 6.07) is 12.4. The zero-order valence-electron chi connectivity index (χ0n) is 20.7. The maximum atomic E-state index is 13.6. The Labute approximate surface area is 227 Å². The molecule has 0 spiro atoms. The molecule has 1 atom stereocenters. The van der Waals surface area contributed by atoms with Crippen LogP contribution in [0.5, 0.6) is 0 Å². The minimum atomic E-state index is -1.08. The monoisotopic (exact) mass is 553 g/mol. The lowest BCUT2D eigenvalue weighted by molar-refractivity contribution is -0.140. The van der Waals surface area contributed by atoms with E-state index in [1.165, 1.54) is 28.2 Å². The van der Waals surface area contributed by atoms with Crippen molar-refractivity contribution in [3.63, 3.8) is 0 Å². The van der Waals surface area contributed by atoms with Crippen molar-refractivity contribution in [3.05, 3.63) is 92.9 Å². The number of hydrogen-bond donors (Lipinski definition) is 2. The summed E-state index contributed by atoms with van der Waals surface area (Å²) in [4.78, 5) is 42.8. The van der Waals surface area contributed by atoms with Crippen LogP contribution >= 0.6 is 22.9 Å². The molecule has 0 fully saturated rings. The molecule has 0 bridgehead atoms. The fourth-order valence-electron chi connectivity index (χ4n) is 4.10. The molecule has 2 amide bonds. The fraction of sp³-hybridized carbons (Fsp3) is 0.222. The van der Waals surface area contributed by atoms with Crippen LogP contribution in [0, 0.1) is 19.7 Å². The summed E-state index contributed by atoms with van der Waals surface area (Å²) in [7, 11) is 0. The van der Waals surface area contributed by atoms with E-state index in [1.54, 1.807) is 31.5 Å². The van der Waals surface area contributed by atoms with Crippen LogP contribution in [0.3, 0.4) is 0 Å². The smallest absolute Gasteiger partial charge is 0.289 e. The highest BCUT2D eigenvalue weighted by atomic mass is 35.5. The number of ketones is 1. The minimum Gasteiger partial charge on any atom is -0.344 e. The van der Waals surface area contributed by atoms with E-state index in [0.29, 0.717) is 22.0 Å². The van der Waals surface area contributed by atoms with E-state index in [1.807, 2.05) is 30.3 Å². The molecule has 0 saturated heterocycles. The molecule has 38 heavy (non-hydrogen) atoms. The number of rotatable bonds is 10. The Morgan fingerprint density at radius 1 is 1.13 bits per heavy atom. The quantitative estimate of drug-likeness (QED) is 0.288. The summed E-state index contributed by atoms with van der Waals surface area (Å²) >= 11 is 7.32. The number of aryl methyl sites for hydroxylation is 1. The van der Waals surface area contributed by atoms with Gasteiger partial charge in [0.05, 0.1) is 17.3 Å². The molecule has 0 unspecified atom stereocenters. The summed E-state index contributed by atoms with van der Waals surface area (Å²) < 4.78 is 15.2. The van der Waals surface area contributed by atoms with E-state index in [2.05, 4.69) is 20.7 Å². The molecule has 196 valence electrons. The van der Waals surface area contributed by atoms with Crippen molar-refractivity contribution in [2.75, 3.05) is 0 Å². The van der Waals surface area contributed by atoms with Crippen molar-refractivity contribution >= 4 is 40.5 Å². The highest BCUT2D eigenvalue weighted by molar-refractivity contribution is 7.09. The van der Waals surface area contributed by atoms with Crippen LogP contribution in [0.2, 0.25) is 5.02 Å². The van der Waals surface area contributed by atoms with Gasteiger partial charge in [0.1, 0.15) is 23.4 Å². The van der Waals surface area contributed by atoms with Crippen LogP contribution in [-0.2, 0) is 33.9 Å². The van der Waals surface area contributed by atoms with E-state index in [4.69, 9.17) is 11.6 Å². The molecule has 8 nitrogen and oxygen atoms in total. The first kappa shape index (κ1) is 27.2. The van der Waals surface area contributed by atoms with Crippen molar-refractivity contribution in [1.82, 2.24) is 25.4 Å². The highest BCUT2D eigenvalue weighted by Crippen LogP contribution is 2.30. The molecular weight excluding hydrogens is 529 g/mol. The molecular formula is C27H25ClFN5O3S. The average Bonchev–Trinajstić information content (AvgIpc) is 3.51. The van der Waals surface area contributed by atoms with Gasteiger partial charge in [0.25, 0.3) is 5.91 Å². The van der Waals surface area contributed by atoms with Gasteiger partial charge in [0, 0.05) is 29.3 Å². The average molecular weight is 554 g/mol. The van der Waals surface area contributed by atoms with Gasteiger partial charge in [0.15, 0.2) is 0 Å². The molecule has 4 rings (SSSR count). The number of benzene rings is 2. The van der Waals surface area contributed by atoms with Gasteiger partial charge in [-0.05, 0) is 37.1 Å². The summed E-state index contributed by atoms with van der Waals surface area (Å²) in [5.41, 5.74) is 3.51. The molecule has 11 heteroatoms. The standard InChI is InChI=1S/C27H25ClFN5O3S/c1-16-25(19-8-9-21(29)20(28)13-19)17(2)34(33-16)15-23(35)32-22(12-18-6-4-3-5-7-18)26(36)27(37)31-14-24-30-10-11-38-24/h3-11,13,22H,12,14-15H2,1-2H3,(H,31,37)(H,32,35)/t22-/m1/s1. The predicted octanol–water partition coefficient (Wildman–Crippen LogP) is 4.03. The lowest BCUT2D eigenvalue weighted by Gasteiger charge is -2.18. The lowest BCUT2D eigenvalue weighted by Crippen LogP contribution is -2.49. The first-order valence-corrected chi connectivity index (χ1v) is 13.0. The number of aromatic nitrogens is 3. The van der Waals surface area contributed by atoms with Crippen molar-refractivity contribution in [2.45, 2.75) is 39.4 Å². The summed E-state index contributed by atoms with van der Waals surface area (Å²) in [5.74, 6) is -2.57. The fourth-order valence-corrected chi connectivity index (χ4v) is 4.83. The molecule has 2 aromatic heterocycles. The van der Waals surface area contributed by atoms with Crippen molar-refractivity contribution in [3.8, 4) is 11.1 Å². The second-order valence-electron chi connectivity index (χ2n) is 8.61. The second kappa shape index (κ2) is 12.1. The van der Waals surface area contributed by atoms with Gasteiger partial charge in [-0.3, -0.25) is 19.1 Å². The molecule has 0 aliphatic carbocycles. The maximum Gasteiger partial charge on any atom is 0.289 e. The van der Waals surface area contributed by atoms with Crippen molar-refractivity contribution in [1.29, 1.82) is 0 Å². The van der Waals surface area contributed by atoms with Crippen molar-refractivity contribution < 1.29 is 18.8 Å². The Hall–Kier alpha value is -3.89. The van der Waals surface area contributed by atoms with Crippen LogP contribution < -0.4 is 10.6 Å². The third kappa shape index (κ3) is 6.51. The summed E-state index contributed by atoms with van der Waals surface area (Å²) in [6.45, 7) is 3.51. The van der Waals surface area contributed by atoms with Gasteiger partial charge < -0.3 is 10.6 Å². The number of halogens is 2. The van der Waals surface area contributed by atoms with Crippen LogP contribution in [-0.4, -0.2) is 38.4 Å². The third-order valence-corrected chi connectivity index (χ3v) is 6.99. The maximum absolute atomic E-state index is 13.6. The van der Waals surface area contributed by atoms with E-state index >= 15 is 0 Å². The Morgan fingerprint density at radius 2 is 1.89 bits per heavy atom. The van der Waals surface area contributed by atoms with Gasteiger partial charge in [-0.2, -0.15) is 5.10 Å². The zero-order valence-corrected chi connectivity index (χ0v) is 22.3. The van der Waals surface area contributed by atoms with Crippen LogP contribution in [0.15, 0.2) is 60.1 Å². The van der Waals surface area contributed by atoms with Gasteiger partial charge in [-0.1, -0.05) is 48.0 Å². The molecule has 0 radical (unpaired) electrons. The van der Waals surface area contributed by atoms with Gasteiger partial charge in [-0.25, -0.2) is 9.37 Å². The predicted molar refractivity (Wildman–Crippen MR) is 143 cm³/mol. The van der Waals surface area contributed by atoms with Crippen LogP contribution in [0.1, 0.15) is 22.0 Å². The molecule has 2 N–H and O–H groups in total. The summed E-state index contributed by atoms with van der Waals surface area (Å²) in [6.07, 6.45) is 1.76. The molecule has 2 heterocycles. The number of carbonyl (C=O) groups excluding carboxylic acids is 3. The number of nitrogens with zero attached hydrogens (tertiary/aromatic N) is 3. The molecule has 4 aromatic rings. The van der Waals surface area contributed by atoms with Crippen molar-refractivity contribution in [2.24, 2.45) is 0 Å². The SMILES string of the molecule is Cc1nn(CC(=O)N[C@H](Cc2ccccc2)C(=O)C(=O)NCc2nccs2)c(C)c1-c1ccc(F)c(Cl)c1. The highest BCUT2D eigenvalue weighted by Gasteiger charge is 2.28. The lowest BCUT2D eigenvalue weighted by atomic mass is 10.0. The van der Waals surface area contributed by atoms with E-state index < -0.39 is 29.5 Å². The first-order valence-electron chi connectivity index (χ1n) is 11.8. The van der Waals surface area contributed by atoms with E-state index in [0.717, 1.165) is 11.1 Å². The Balaban J connectivity index is 1.49. The van der Waals surface area contributed by atoms with Gasteiger partial charge in [0.2, 0.25) is 11.7 Å². The Kier molecular flexibility index (Phi) is 8.65. The Morgan fingerprint density at radius 3 is 2.58 bits per heavy atom. The number of amides is 2. The van der Waals surface area contributed by atoms with E-state index in [-0.39, 0.29) is 24.5 Å². The Bertz CT molecular complexity index is 1460. The molecule has 2 aromatic carbocycles. The number of thiazole rings is 1. The normalized spacial score (nSPS) is 11.7.